The molecule has 0 aliphatic heterocycles. The van der Waals surface area contributed by atoms with Crippen molar-refractivity contribution in [3.05, 3.63) is 35.9 Å². The van der Waals surface area contributed by atoms with E-state index in [0.717, 1.165) is 51.4 Å². The predicted octanol–water partition coefficient (Wildman–Crippen LogP) is 4.58. The highest BCUT2D eigenvalue weighted by molar-refractivity contribution is 6.08. The number of hydrogen-bond donors (Lipinski definition) is 3. The van der Waals surface area contributed by atoms with Crippen LogP contribution in [0, 0.1) is 5.92 Å². The topological polar surface area (TPSA) is 109 Å². The number of nitrogens with one attached hydrogen (secondary N) is 2. The Kier molecular flexibility index (Phi) is 6.68. The number of rotatable bonds is 6. The second-order valence-corrected chi connectivity index (χ2v) is 9.82. The van der Waals surface area contributed by atoms with E-state index >= 15 is 0 Å². The molecule has 5 rings (SSSR count). The Balaban J connectivity index is 1.36. The molecule has 0 bridgehead atoms. The Bertz CT molecular complexity index is 1190. The molecule has 0 aromatic carbocycles. The molecule has 2 aliphatic carbocycles. The molecular weight excluding hydrogens is 456 g/mol. The number of alkyl halides is 2. The molecule has 0 spiro atoms. The van der Waals surface area contributed by atoms with Crippen molar-refractivity contribution in [2.75, 3.05) is 10.6 Å². The summed E-state index contributed by atoms with van der Waals surface area (Å²) in [6, 6.07) is 1.67. The summed E-state index contributed by atoms with van der Waals surface area (Å²) in [7, 11) is 0. The lowest BCUT2D eigenvalue weighted by molar-refractivity contribution is 0.102. The summed E-state index contributed by atoms with van der Waals surface area (Å²) in [5.74, 6) is 0.561. The third-order valence-electron chi connectivity index (χ3n) is 7.25. The van der Waals surface area contributed by atoms with Crippen molar-refractivity contribution in [2.45, 2.75) is 82.9 Å². The number of nitrogens with zero attached hydrogens (tertiary/aromatic N) is 5. The van der Waals surface area contributed by atoms with Crippen LogP contribution >= 0.6 is 0 Å². The zero-order chi connectivity index (χ0) is 24.5. The fourth-order valence-corrected chi connectivity index (χ4v) is 5.13. The fraction of sp³-hybridized carbons (Fsp3) is 0.583. The number of carbonyl (C=O) groups excluding carboxylic acids is 1. The van der Waals surface area contributed by atoms with E-state index in [2.05, 4.69) is 32.7 Å². The summed E-state index contributed by atoms with van der Waals surface area (Å²) < 4.78 is 30.5. The first-order valence-corrected chi connectivity index (χ1v) is 12.4. The van der Waals surface area contributed by atoms with Gasteiger partial charge in [-0.2, -0.15) is 10.2 Å². The smallest absolute Gasteiger partial charge is 0.284 e. The average Bonchev–Trinajstić information content (AvgIpc) is 3.45. The number of halogens is 2. The summed E-state index contributed by atoms with van der Waals surface area (Å²) in [4.78, 5) is 17.6. The molecule has 2 saturated carbocycles. The van der Waals surface area contributed by atoms with Gasteiger partial charge in [0.1, 0.15) is 11.4 Å². The van der Waals surface area contributed by atoms with Crippen LogP contribution in [0.4, 0.5) is 20.3 Å². The van der Waals surface area contributed by atoms with Gasteiger partial charge in [-0.25, -0.2) is 18.3 Å². The molecule has 11 heteroatoms. The molecular formula is C24H31F2N7O2. The van der Waals surface area contributed by atoms with Crippen LogP contribution in [-0.2, 0) is 0 Å². The quantitative estimate of drug-likeness (QED) is 0.470. The first-order chi connectivity index (χ1) is 16.9. The van der Waals surface area contributed by atoms with Crippen LogP contribution in [0.3, 0.4) is 0 Å². The first-order valence-electron chi connectivity index (χ1n) is 12.4. The van der Waals surface area contributed by atoms with E-state index < -0.39 is 24.1 Å². The van der Waals surface area contributed by atoms with Gasteiger partial charge in [0.05, 0.1) is 30.1 Å². The largest absolute Gasteiger partial charge is 0.391 e. The van der Waals surface area contributed by atoms with E-state index in [1.807, 2.05) is 0 Å². The summed E-state index contributed by atoms with van der Waals surface area (Å²) in [6.45, 7) is 2.19. The lowest BCUT2D eigenvalue weighted by atomic mass is 9.87. The molecule has 35 heavy (non-hydrogen) atoms. The third kappa shape index (κ3) is 5.00. The SMILES string of the molecule is C[C@H]1CC[C@H](n2cc(NC(=O)c3cnn4ccc(N[C@@H]5CCCC[C@H]5O)nc34)c(C(F)F)n2)CC1. The van der Waals surface area contributed by atoms with Crippen LogP contribution in [0.2, 0.25) is 0 Å². The fourth-order valence-electron chi connectivity index (χ4n) is 5.13. The van der Waals surface area contributed by atoms with Gasteiger partial charge < -0.3 is 15.7 Å². The van der Waals surface area contributed by atoms with Crippen LogP contribution < -0.4 is 10.6 Å². The van der Waals surface area contributed by atoms with Crippen LogP contribution in [0.25, 0.3) is 5.65 Å². The van der Waals surface area contributed by atoms with Crippen LogP contribution in [0.1, 0.15) is 86.8 Å². The molecule has 188 valence electrons. The highest BCUT2D eigenvalue weighted by Gasteiger charge is 2.27. The van der Waals surface area contributed by atoms with Gasteiger partial charge >= 0.3 is 0 Å². The van der Waals surface area contributed by atoms with Gasteiger partial charge in [0, 0.05) is 12.4 Å². The van der Waals surface area contributed by atoms with Crippen molar-refractivity contribution < 1.29 is 18.7 Å². The van der Waals surface area contributed by atoms with E-state index in [-0.39, 0.29) is 23.3 Å². The lowest BCUT2D eigenvalue weighted by Gasteiger charge is -2.28. The highest BCUT2D eigenvalue weighted by atomic mass is 19.3. The molecule has 3 aromatic rings. The van der Waals surface area contributed by atoms with Crippen molar-refractivity contribution in [3.63, 3.8) is 0 Å². The van der Waals surface area contributed by atoms with Gasteiger partial charge in [-0.3, -0.25) is 9.48 Å². The number of aliphatic hydroxyl groups excluding tert-OH is 1. The van der Waals surface area contributed by atoms with Gasteiger partial charge in [0.2, 0.25) is 0 Å². The summed E-state index contributed by atoms with van der Waals surface area (Å²) in [6.07, 6.45) is 8.68. The van der Waals surface area contributed by atoms with Gasteiger partial charge in [-0.1, -0.05) is 19.8 Å². The number of aliphatic hydroxyl groups is 1. The van der Waals surface area contributed by atoms with Gasteiger partial charge in [0.25, 0.3) is 12.3 Å². The van der Waals surface area contributed by atoms with Crippen molar-refractivity contribution in [1.82, 2.24) is 24.4 Å². The molecule has 3 heterocycles. The Hall–Kier alpha value is -3.08. The molecule has 2 atom stereocenters. The maximum absolute atomic E-state index is 13.7. The van der Waals surface area contributed by atoms with Gasteiger partial charge in [-0.05, 0) is 50.5 Å². The minimum Gasteiger partial charge on any atom is -0.391 e. The molecule has 3 aromatic heterocycles. The number of fused-ring (bicyclic) bond motifs is 1. The Morgan fingerprint density at radius 2 is 1.94 bits per heavy atom. The third-order valence-corrected chi connectivity index (χ3v) is 7.25. The number of aromatic nitrogens is 5. The van der Waals surface area contributed by atoms with Crippen LogP contribution in [0.5, 0.6) is 0 Å². The zero-order valence-corrected chi connectivity index (χ0v) is 19.7. The van der Waals surface area contributed by atoms with Crippen molar-refractivity contribution in [1.29, 1.82) is 0 Å². The van der Waals surface area contributed by atoms with Gasteiger partial charge in [0.15, 0.2) is 11.3 Å². The summed E-state index contributed by atoms with van der Waals surface area (Å²) in [5, 5.41) is 24.4. The van der Waals surface area contributed by atoms with Crippen molar-refractivity contribution >= 4 is 23.1 Å². The second-order valence-electron chi connectivity index (χ2n) is 9.82. The monoisotopic (exact) mass is 487 g/mol. The minimum atomic E-state index is -2.81. The van der Waals surface area contributed by atoms with Gasteiger partial charge in [-0.15, -0.1) is 0 Å². The molecule has 0 saturated heterocycles. The standard InChI is InChI=1S/C24H31F2N7O2/c1-14-6-8-15(9-7-14)33-13-18(21(31-33)22(25)26)29-24(35)16-12-27-32-11-10-20(30-23(16)32)28-17-4-2-3-5-19(17)34/h10-15,17,19,22,34H,2-9H2,1H3,(H,28,30)(H,29,35)/t14-,15-,17-,19-/m1/s1. The van der Waals surface area contributed by atoms with E-state index in [1.54, 1.807) is 16.9 Å². The number of carbonyl (C=O) groups is 1. The summed E-state index contributed by atoms with van der Waals surface area (Å²) >= 11 is 0. The van der Waals surface area contributed by atoms with E-state index in [1.165, 1.54) is 16.9 Å². The number of amides is 1. The molecule has 2 fully saturated rings. The predicted molar refractivity (Wildman–Crippen MR) is 127 cm³/mol. The normalized spacial score (nSPS) is 25.2. The second kappa shape index (κ2) is 9.88. The zero-order valence-electron chi connectivity index (χ0n) is 19.7. The van der Waals surface area contributed by atoms with E-state index in [9.17, 15) is 18.7 Å². The maximum atomic E-state index is 13.7. The first kappa shape index (κ1) is 23.7. The minimum absolute atomic E-state index is 0.00239. The number of anilines is 2. The molecule has 2 aliphatic rings. The molecule has 0 radical (unpaired) electrons. The Morgan fingerprint density at radius 1 is 1.17 bits per heavy atom. The highest BCUT2D eigenvalue weighted by Crippen LogP contribution is 2.34. The molecule has 3 N–H and O–H groups in total. The number of hydrogen-bond acceptors (Lipinski definition) is 6. The lowest BCUT2D eigenvalue weighted by Crippen LogP contribution is -2.36. The molecule has 9 nitrogen and oxygen atoms in total. The Morgan fingerprint density at radius 3 is 2.69 bits per heavy atom. The van der Waals surface area contributed by atoms with Crippen LogP contribution in [0.15, 0.2) is 24.7 Å². The van der Waals surface area contributed by atoms with E-state index in [4.69, 9.17) is 0 Å². The molecule has 1 amide bonds. The van der Waals surface area contributed by atoms with E-state index in [0.29, 0.717) is 17.4 Å². The maximum Gasteiger partial charge on any atom is 0.284 e. The molecule has 0 unspecified atom stereocenters. The summed E-state index contributed by atoms with van der Waals surface area (Å²) in [5.41, 5.74) is 0.0278. The average molecular weight is 488 g/mol. The van der Waals surface area contributed by atoms with Crippen molar-refractivity contribution in [3.8, 4) is 0 Å². The van der Waals surface area contributed by atoms with Crippen LogP contribution in [-0.4, -0.2) is 47.5 Å². The Labute approximate surface area is 201 Å². The van der Waals surface area contributed by atoms with Crippen molar-refractivity contribution in [2.24, 2.45) is 5.92 Å².